The van der Waals surface area contributed by atoms with Crippen LogP contribution >= 0.6 is 0 Å². The molecular formula is C17H13F5. The number of allylic oxidation sites excluding steroid dienone is 1. The maximum atomic E-state index is 13.9. The largest absolute Gasteiger partial charge is 0.409 e. The number of rotatable bonds is 3. The number of hydrogen-bond acceptors (Lipinski definition) is 0. The Balaban J connectivity index is 2.38. The maximum Gasteiger partial charge on any atom is 0.409 e. The summed E-state index contributed by atoms with van der Waals surface area (Å²) in [5.74, 6) is -2.06. The summed E-state index contributed by atoms with van der Waals surface area (Å²) in [5.41, 5.74) is 1.25. The van der Waals surface area contributed by atoms with E-state index in [2.05, 4.69) is 0 Å². The summed E-state index contributed by atoms with van der Waals surface area (Å²) in [4.78, 5) is 0. The highest BCUT2D eigenvalue weighted by atomic mass is 19.4. The molecular weight excluding hydrogens is 299 g/mol. The standard InChI is InChI=1S/C17H13F5/c1-2-11-3-5-12(6-4-11)13-9-15(18)14(16(19)10-13)7-8-17(20,21)22/h3-10H,2H2,1H3. The number of aryl methyl sites for hydroxylation is 1. The summed E-state index contributed by atoms with van der Waals surface area (Å²) in [6, 6.07) is 9.17. The van der Waals surface area contributed by atoms with Crippen molar-refractivity contribution >= 4 is 6.08 Å². The van der Waals surface area contributed by atoms with Crippen LogP contribution in [0.4, 0.5) is 22.0 Å². The van der Waals surface area contributed by atoms with Crippen LogP contribution in [0.3, 0.4) is 0 Å². The van der Waals surface area contributed by atoms with Crippen LogP contribution in [0.5, 0.6) is 0 Å². The molecule has 0 heterocycles. The van der Waals surface area contributed by atoms with Crippen molar-refractivity contribution in [3.05, 3.63) is 65.2 Å². The second-order valence-electron chi connectivity index (χ2n) is 4.78. The van der Waals surface area contributed by atoms with Gasteiger partial charge in [0.2, 0.25) is 0 Å². The fourth-order valence-corrected chi connectivity index (χ4v) is 2.02. The Morgan fingerprint density at radius 2 is 1.45 bits per heavy atom. The van der Waals surface area contributed by atoms with E-state index in [1.165, 1.54) is 0 Å². The second kappa shape index (κ2) is 6.30. The van der Waals surface area contributed by atoms with E-state index in [1.54, 1.807) is 12.1 Å². The van der Waals surface area contributed by atoms with Crippen molar-refractivity contribution in [2.24, 2.45) is 0 Å². The Hall–Kier alpha value is -2.17. The molecule has 2 rings (SSSR count). The molecule has 0 bridgehead atoms. The molecule has 5 heteroatoms. The zero-order valence-corrected chi connectivity index (χ0v) is 11.7. The monoisotopic (exact) mass is 312 g/mol. The topological polar surface area (TPSA) is 0 Å². The SMILES string of the molecule is CCc1ccc(-c2cc(F)c(C=CC(F)(F)F)c(F)c2)cc1. The van der Waals surface area contributed by atoms with Gasteiger partial charge in [-0.05, 0) is 41.3 Å². The number of alkyl halides is 3. The van der Waals surface area contributed by atoms with Crippen molar-refractivity contribution in [3.63, 3.8) is 0 Å². The molecule has 2 aromatic rings. The fourth-order valence-electron chi connectivity index (χ4n) is 2.02. The van der Waals surface area contributed by atoms with Crippen molar-refractivity contribution in [2.45, 2.75) is 19.5 Å². The molecule has 0 aromatic heterocycles. The van der Waals surface area contributed by atoms with Gasteiger partial charge in [0.05, 0.1) is 0 Å². The molecule has 2 aromatic carbocycles. The van der Waals surface area contributed by atoms with Crippen LogP contribution in [-0.4, -0.2) is 6.18 Å². The van der Waals surface area contributed by atoms with Gasteiger partial charge in [-0.25, -0.2) is 8.78 Å². The van der Waals surface area contributed by atoms with E-state index in [1.807, 2.05) is 19.1 Å². The van der Waals surface area contributed by atoms with Gasteiger partial charge in [0.15, 0.2) is 0 Å². The minimum absolute atomic E-state index is 0.190. The molecule has 0 radical (unpaired) electrons. The molecule has 0 aliphatic carbocycles. The quantitative estimate of drug-likeness (QED) is 0.631. The third kappa shape index (κ3) is 3.93. The first-order valence-corrected chi connectivity index (χ1v) is 6.64. The molecule has 0 N–H and O–H groups in total. The third-order valence-electron chi connectivity index (χ3n) is 3.21. The molecule has 0 atom stereocenters. The van der Waals surface area contributed by atoms with Gasteiger partial charge >= 0.3 is 6.18 Å². The van der Waals surface area contributed by atoms with Gasteiger partial charge in [-0.1, -0.05) is 31.2 Å². The van der Waals surface area contributed by atoms with Gasteiger partial charge in [0.1, 0.15) is 11.6 Å². The Bertz CT molecular complexity index is 658. The highest BCUT2D eigenvalue weighted by molar-refractivity contribution is 5.66. The first-order valence-electron chi connectivity index (χ1n) is 6.64. The molecule has 22 heavy (non-hydrogen) atoms. The number of hydrogen-bond donors (Lipinski definition) is 0. The van der Waals surface area contributed by atoms with E-state index in [4.69, 9.17) is 0 Å². The summed E-state index contributed by atoms with van der Waals surface area (Å²) in [6.07, 6.45) is -3.57. The average molecular weight is 312 g/mol. The van der Waals surface area contributed by atoms with E-state index in [-0.39, 0.29) is 11.6 Å². The smallest absolute Gasteiger partial charge is 0.206 e. The first-order chi connectivity index (χ1) is 10.3. The van der Waals surface area contributed by atoms with Gasteiger partial charge in [-0.2, -0.15) is 13.2 Å². The molecule has 0 saturated carbocycles. The van der Waals surface area contributed by atoms with Crippen LogP contribution in [-0.2, 0) is 6.42 Å². The molecule has 116 valence electrons. The molecule has 0 fully saturated rings. The molecule has 0 saturated heterocycles. The summed E-state index contributed by atoms with van der Waals surface area (Å²) in [5, 5.41) is 0. The van der Waals surface area contributed by atoms with Crippen molar-refractivity contribution in [1.29, 1.82) is 0 Å². The zero-order valence-electron chi connectivity index (χ0n) is 11.7. The number of benzene rings is 2. The average Bonchev–Trinajstić information content (AvgIpc) is 2.45. The van der Waals surface area contributed by atoms with E-state index in [0.717, 1.165) is 24.1 Å². The summed E-state index contributed by atoms with van der Waals surface area (Å²) in [7, 11) is 0. The predicted molar refractivity (Wildman–Crippen MR) is 76.3 cm³/mol. The molecule has 0 amide bonds. The Kier molecular flexibility index (Phi) is 4.64. The minimum atomic E-state index is -4.62. The molecule has 0 nitrogen and oxygen atoms in total. The van der Waals surface area contributed by atoms with Crippen molar-refractivity contribution < 1.29 is 22.0 Å². The van der Waals surface area contributed by atoms with Gasteiger partial charge in [0, 0.05) is 11.6 Å². The van der Waals surface area contributed by atoms with Crippen LogP contribution in [0.25, 0.3) is 17.2 Å². The fraction of sp³-hybridized carbons (Fsp3) is 0.176. The van der Waals surface area contributed by atoms with Gasteiger partial charge in [-0.15, -0.1) is 0 Å². The highest BCUT2D eigenvalue weighted by Gasteiger charge is 2.22. The van der Waals surface area contributed by atoms with Crippen molar-refractivity contribution in [2.75, 3.05) is 0 Å². The molecule has 0 spiro atoms. The van der Waals surface area contributed by atoms with Crippen LogP contribution < -0.4 is 0 Å². The Morgan fingerprint density at radius 1 is 0.909 bits per heavy atom. The van der Waals surface area contributed by atoms with Gasteiger partial charge in [0.25, 0.3) is 0 Å². The van der Waals surface area contributed by atoms with E-state index in [9.17, 15) is 22.0 Å². The predicted octanol–water partition coefficient (Wildman–Crippen LogP) is 5.77. The lowest BCUT2D eigenvalue weighted by molar-refractivity contribution is -0.0790. The molecule has 0 aliphatic heterocycles. The van der Waals surface area contributed by atoms with Gasteiger partial charge in [-0.3, -0.25) is 0 Å². The van der Waals surface area contributed by atoms with Crippen LogP contribution in [0, 0.1) is 11.6 Å². The van der Waals surface area contributed by atoms with Crippen LogP contribution in [0.2, 0.25) is 0 Å². The lowest BCUT2D eigenvalue weighted by atomic mass is 10.0. The van der Waals surface area contributed by atoms with Gasteiger partial charge < -0.3 is 0 Å². The maximum absolute atomic E-state index is 13.9. The third-order valence-corrected chi connectivity index (χ3v) is 3.21. The lowest BCUT2D eigenvalue weighted by Gasteiger charge is -2.07. The van der Waals surface area contributed by atoms with E-state index < -0.39 is 23.4 Å². The van der Waals surface area contributed by atoms with Crippen molar-refractivity contribution in [3.8, 4) is 11.1 Å². The Morgan fingerprint density at radius 3 is 1.91 bits per heavy atom. The summed E-state index contributed by atoms with van der Waals surface area (Å²) < 4.78 is 64.0. The normalized spacial score (nSPS) is 12.1. The lowest BCUT2D eigenvalue weighted by Crippen LogP contribution is -2.01. The van der Waals surface area contributed by atoms with E-state index in [0.29, 0.717) is 11.6 Å². The first kappa shape index (κ1) is 16.2. The molecule has 0 aliphatic rings. The van der Waals surface area contributed by atoms with E-state index >= 15 is 0 Å². The summed E-state index contributed by atoms with van der Waals surface area (Å²) >= 11 is 0. The number of halogens is 5. The van der Waals surface area contributed by atoms with Crippen LogP contribution in [0.15, 0.2) is 42.5 Å². The zero-order chi connectivity index (χ0) is 16.3. The molecule has 0 unspecified atom stereocenters. The van der Waals surface area contributed by atoms with Crippen LogP contribution in [0.1, 0.15) is 18.1 Å². The minimum Gasteiger partial charge on any atom is -0.206 e. The summed E-state index contributed by atoms with van der Waals surface area (Å²) in [6.45, 7) is 1.98. The Labute approximate surface area is 124 Å². The second-order valence-corrected chi connectivity index (χ2v) is 4.78. The highest BCUT2D eigenvalue weighted by Crippen LogP contribution is 2.27. The van der Waals surface area contributed by atoms with Crippen molar-refractivity contribution in [1.82, 2.24) is 0 Å².